The number of imidazole rings is 1. The van der Waals surface area contributed by atoms with E-state index in [1.807, 2.05) is 17.0 Å². The Bertz CT molecular complexity index is 1730. The molecule has 3 saturated heterocycles. The Labute approximate surface area is 256 Å². The van der Waals surface area contributed by atoms with Gasteiger partial charge in [-0.05, 0) is 92.1 Å². The van der Waals surface area contributed by atoms with Crippen molar-refractivity contribution < 1.29 is 9.53 Å². The van der Waals surface area contributed by atoms with Crippen LogP contribution in [0, 0.1) is 0 Å². The Hall–Kier alpha value is -4.28. The third-order valence-electron chi connectivity index (χ3n) is 9.82. The standard InChI is InChI=1S/C34H38N8O2/c1-2-31(43)40-16-13-22(14-17-40)37-28-10-5-21-18-23(6-9-26(21)28)42-33(27-4-3-15-36-32(27)35)38-29-11-12-30(39-34(29)42)41-19-24-7-8-25(20-41)44-24/h2-4,6,9,11-12,15,18,22,24-25,28,37H,1,5,7-8,10,13-14,16-17,19-20H2,(H2,35,36)/t24?,25?,28-/m0/s1. The largest absolute Gasteiger partial charge is 0.383 e. The Morgan fingerprint density at radius 1 is 1.02 bits per heavy atom. The maximum atomic E-state index is 12.0. The average Bonchev–Trinajstić information content (AvgIpc) is 3.74. The van der Waals surface area contributed by atoms with Gasteiger partial charge in [-0.1, -0.05) is 12.6 Å². The average molecular weight is 591 g/mol. The number of nitrogens with zero attached hydrogens (tertiary/aromatic N) is 6. The van der Waals surface area contributed by atoms with Gasteiger partial charge in [0.2, 0.25) is 5.91 Å². The fourth-order valence-corrected chi connectivity index (χ4v) is 7.55. The van der Waals surface area contributed by atoms with Crippen molar-refractivity contribution in [2.24, 2.45) is 0 Å². The second-order valence-corrected chi connectivity index (χ2v) is 12.5. The number of nitrogen functional groups attached to an aromatic ring is 1. The molecule has 0 saturated carbocycles. The van der Waals surface area contributed by atoms with Crippen LogP contribution in [0.1, 0.15) is 49.3 Å². The smallest absolute Gasteiger partial charge is 0.245 e. The highest BCUT2D eigenvalue weighted by molar-refractivity contribution is 5.87. The highest BCUT2D eigenvalue weighted by Crippen LogP contribution is 2.37. The van der Waals surface area contributed by atoms with Crippen molar-refractivity contribution in [1.82, 2.24) is 29.7 Å². The van der Waals surface area contributed by atoms with E-state index < -0.39 is 0 Å². The number of aromatic nitrogens is 4. The number of carbonyl (C=O) groups excluding carboxylic acids is 1. The van der Waals surface area contributed by atoms with Gasteiger partial charge < -0.3 is 25.6 Å². The summed E-state index contributed by atoms with van der Waals surface area (Å²) in [6.07, 6.45) is 9.88. The van der Waals surface area contributed by atoms with E-state index in [1.54, 1.807) is 6.20 Å². The fourth-order valence-electron chi connectivity index (χ4n) is 7.55. The molecule has 10 heteroatoms. The molecule has 226 valence electrons. The van der Waals surface area contributed by atoms with Crippen molar-refractivity contribution in [3.63, 3.8) is 0 Å². The predicted molar refractivity (Wildman–Crippen MR) is 171 cm³/mol. The number of piperidine rings is 1. The first-order valence-corrected chi connectivity index (χ1v) is 15.9. The summed E-state index contributed by atoms with van der Waals surface area (Å²) in [4.78, 5) is 30.9. The second kappa shape index (κ2) is 11.0. The molecular weight excluding hydrogens is 552 g/mol. The molecule has 1 aliphatic carbocycles. The molecule has 1 amide bonds. The maximum absolute atomic E-state index is 12.0. The first kappa shape index (κ1) is 27.3. The number of likely N-dealkylation sites (tertiary alicyclic amines) is 1. The fraction of sp³-hybridized carbons (Fsp3) is 0.412. The van der Waals surface area contributed by atoms with Crippen LogP contribution >= 0.6 is 0 Å². The molecule has 0 radical (unpaired) electrons. The number of benzene rings is 1. The van der Waals surface area contributed by atoms with Crippen molar-refractivity contribution in [2.75, 3.05) is 36.8 Å². The number of morpholine rings is 1. The van der Waals surface area contributed by atoms with Gasteiger partial charge in [0.15, 0.2) is 11.5 Å². The number of nitrogens with one attached hydrogen (secondary N) is 1. The summed E-state index contributed by atoms with van der Waals surface area (Å²) in [6.45, 7) is 6.91. The predicted octanol–water partition coefficient (Wildman–Crippen LogP) is 4.19. The summed E-state index contributed by atoms with van der Waals surface area (Å²) >= 11 is 0. The van der Waals surface area contributed by atoms with Crippen molar-refractivity contribution in [3.05, 3.63) is 72.4 Å². The van der Waals surface area contributed by atoms with E-state index in [9.17, 15) is 4.79 Å². The van der Waals surface area contributed by atoms with E-state index in [2.05, 4.69) is 56.7 Å². The first-order valence-electron chi connectivity index (χ1n) is 15.9. The molecule has 6 heterocycles. The lowest BCUT2D eigenvalue weighted by Gasteiger charge is -2.33. The molecule has 3 N–H and O–H groups in total. The molecule has 3 fully saturated rings. The summed E-state index contributed by atoms with van der Waals surface area (Å²) in [6, 6.07) is 15.5. The van der Waals surface area contributed by atoms with E-state index in [0.717, 1.165) is 98.8 Å². The molecule has 3 aliphatic heterocycles. The summed E-state index contributed by atoms with van der Waals surface area (Å²) in [7, 11) is 0. The molecule has 4 aliphatic rings. The molecule has 3 atom stereocenters. The van der Waals surface area contributed by atoms with Gasteiger partial charge in [0.05, 0.1) is 17.8 Å². The highest BCUT2D eigenvalue weighted by atomic mass is 16.5. The van der Waals surface area contributed by atoms with Crippen molar-refractivity contribution in [3.8, 4) is 17.1 Å². The number of anilines is 2. The molecule has 3 aromatic heterocycles. The van der Waals surface area contributed by atoms with Crippen LogP contribution in [0.3, 0.4) is 0 Å². The van der Waals surface area contributed by atoms with Gasteiger partial charge in [0.25, 0.3) is 0 Å². The normalized spacial score (nSPS) is 23.3. The second-order valence-electron chi connectivity index (χ2n) is 12.5. The van der Waals surface area contributed by atoms with Crippen LogP contribution < -0.4 is 16.0 Å². The Balaban J connectivity index is 1.13. The number of aryl methyl sites for hydroxylation is 1. The third-order valence-corrected chi connectivity index (χ3v) is 9.82. The number of pyridine rings is 2. The molecule has 2 bridgehead atoms. The van der Waals surface area contributed by atoms with Crippen LogP contribution in [0.15, 0.2) is 61.3 Å². The lowest BCUT2D eigenvalue weighted by atomic mass is 10.0. The van der Waals surface area contributed by atoms with E-state index in [1.165, 1.54) is 17.2 Å². The lowest BCUT2D eigenvalue weighted by Crippen LogP contribution is -2.45. The Kier molecular flexibility index (Phi) is 6.83. The van der Waals surface area contributed by atoms with Gasteiger partial charge >= 0.3 is 0 Å². The zero-order valence-electron chi connectivity index (χ0n) is 24.9. The topological polar surface area (TPSA) is 114 Å². The van der Waals surface area contributed by atoms with E-state index in [4.69, 9.17) is 20.4 Å². The number of carbonyl (C=O) groups is 1. The zero-order valence-corrected chi connectivity index (χ0v) is 24.9. The molecule has 0 spiro atoms. The molecule has 10 nitrogen and oxygen atoms in total. The van der Waals surface area contributed by atoms with E-state index in [-0.39, 0.29) is 18.1 Å². The number of hydrogen-bond acceptors (Lipinski definition) is 8. The van der Waals surface area contributed by atoms with Gasteiger partial charge in [-0.3, -0.25) is 9.36 Å². The van der Waals surface area contributed by atoms with Crippen molar-refractivity contribution >= 4 is 28.7 Å². The Morgan fingerprint density at radius 2 is 1.84 bits per heavy atom. The first-order chi connectivity index (χ1) is 21.5. The minimum Gasteiger partial charge on any atom is -0.383 e. The van der Waals surface area contributed by atoms with Gasteiger partial charge in [-0.15, -0.1) is 0 Å². The molecule has 4 aromatic rings. The SMILES string of the molecule is C=CC(=O)N1CCC(N[C@H]2CCc3cc(-n4c(-c5cccnc5N)nc5ccc(N6CC7CCC(C6)O7)nc54)ccc32)CC1. The number of rotatable bonds is 6. The number of nitrogens with two attached hydrogens (primary N) is 1. The minimum absolute atomic E-state index is 0.0280. The molecule has 8 rings (SSSR count). The van der Waals surface area contributed by atoms with Crippen LogP contribution in [-0.2, 0) is 16.0 Å². The number of hydrogen-bond donors (Lipinski definition) is 2. The molecule has 44 heavy (non-hydrogen) atoms. The summed E-state index contributed by atoms with van der Waals surface area (Å²) in [5.74, 6) is 2.17. The van der Waals surface area contributed by atoms with Gasteiger partial charge in [-0.2, -0.15) is 0 Å². The van der Waals surface area contributed by atoms with E-state index in [0.29, 0.717) is 17.9 Å². The van der Waals surface area contributed by atoms with Gasteiger partial charge in [-0.25, -0.2) is 15.0 Å². The van der Waals surface area contributed by atoms with Crippen LogP contribution in [0.5, 0.6) is 0 Å². The van der Waals surface area contributed by atoms with Gasteiger partial charge in [0.1, 0.15) is 17.2 Å². The Morgan fingerprint density at radius 3 is 2.61 bits per heavy atom. The van der Waals surface area contributed by atoms with Crippen LogP contribution in [0.2, 0.25) is 0 Å². The quantitative estimate of drug-likeness (QED) is 0.322. The lowest BCUT2D eigenvalue weighted by molar-refractivity contribution is -0.127. The minimum atomic E-state index is 0.0280. The van der Waals surface area contributed by atoms with E-state index >= 15 is 0 Å². The molecule has 1 aromatic carbocycles. The maximum Gasteiger partial charge on any atom is 0.245 e. The van der Waals surface area contributed by atoms with Crippen LogP contribution in [-0.4, -0.2) is 74.8 Å². The summed E-state index contributed by atoms with van der Waals surface area (Å²) in [5, 5.41) is 3.90. The third kappa shape index (κ3) is 4.82. The zero-order chi connectivity index (χ0) is 29.8. The molecule has 2 unspecified atom stereocenters. The number of ether oxygens (including phenoxy) is 1. The van der Waals surface area contributed by atoms with Gasteiger partial charge in [0, 0.05) is 50.1 Å². The highest BCUT2D eigenvalue weighted by Gasteiger charge is 2.35. The molecular formula is C34H38N8O2. The van der Waals surface area contributed by atoms with Crippen molar-refractivity contribution in [2.45, 2.75) is 62.8 Å². The monoisotopic (exact) mass is 590 g/mol. The van der Waals surface area contributed by atoms with Crippen LogP contribution in [0.4, 0.5) is 11.6 Å². The number of fused-ring (bicyclic) bond motifs is 4. The summed E-state index contributed by atoms with van der Waals surface area (Å²) in [5.41, 5.74) is 12.5. The summed E-state index contributed by atoms with van der Waals surface area (Å²) < 4.78 is 8.24. The number of amides is 1. The van der Waals surface area contributed by atoms with Crippen LogP contribution in [0.25, 0.3) is 28.2 Å². The van der Waals surface area contributed by atoms with Crippen molar-refractivity contribution in [1.29, 1.82) is 0 Å².